The van der Waals surface area contributed by atoms with Crippen LogP contribution >= 0.6 is 0 Å². The Labute approximate surface area is 144 Å². The number of fused-ring (bicyclic) bond motifs is 1. The van der Waals surface area contributed by atoms with Gasteiger partial charge in [0.2, 0.25) is 0 Å². The number of hydrogen-bond acceptors (Lipinski definition) is 3. The number of aromatic amines is 1. The molecule has 128 valence electrons. The number of pyridine rings is 1. The monoisotopic (exact) mass is 338 g/mol. The van der Waals surface area contributed by atoms with Crippen LogP contribution in [0.4, 0.5) is 10.1 Å². The van der Waals surface area contributed by atoms with Gasteiger partial charge in [-0.2, -0.15) is 0 Å². The van der Waals surface area contributed by atoms with Crippen LogP contribution in [0.25, 0.3) is 10.9 Å². The molecule has 0 spiro atoms. The van der Waals surface area contributed by atoms with E-state index in [4.69, 9.17) is 0 Å². The minimum atomic E-state index is -0.492. The van der Waals surface area contributed by atoms with E-state index in [1.165, 1.54) is 25.0 Å². The Kier molecular flexibility index (Phi) is 3.92. The van der Waals surface area contributed by atoms with Gasteiger partial charge < -0.3 is 15.0 Å². The van der Waals surface area contributed by atoms with Gasteiger partial charge in [0.1, 0.15) is 11.6 Å². The molecule has 0 bridgehead atoms. The van der Waals surface area contributed by atoms with Crippen molar-refractivity contribution in [2.45, 2.75) is 19.3 Å². The van der Waals surface area contributed by atoms with E-state index in [1.807, 2.05) is 18.2 Å². The first-order valence-electron chi connectivity index (χ1n) is 8.48. The third kappa shape index (κ3) is 3.22. The highest BCUT2D eigenvalue weighted by atomic mass is 19.1. The molecule has 1 aliphatic rings. The van der Waals surface area contributed by atoms with E-state index < -0.39 is 5.82 Å². The molecule has 1 saturated heterocycles. The summed E-state index contributed by atoms with van der Waals surface area (Å²) in [4.78, 5) is 18.1. The number of phenols is 1. The van der Waals surface area contributed by atoms with Crippen LogP contribution in [0.15, 0.2) is 47.3 Å². The quantitative estimate of drug-likeness (QED) is 0.768. The van der Waals surface area contributed by atoms with Crippen molar-refractivity contribution in [3.63, 3.8) is 0 Å². The highest BCUT2D eigenvalue weighted by Gasteiger charge is 2.13. The van der Waals surface area contributed by atoms with Gasteiger partial charge in [-0.05, 0) is 48.7 Å². The highest BCUT2D eigenvalue weighted by molar-refractivity contribution is 5.82. The summed E-state index contributed by atoms with van der Waals surface area (Å²) in [5, 5.41) is 10.2. The second-order valence-electron chi connectivity index (χ2n) is 6.58. The first-order chi connectivity index (χ1) is 12.1. The van der Waals surface area contributed by atoms with Crippen molar-refractivity contribution in [3.05, 3.63) is 69.8 Å². The number of hydrogen-bond donors (Lipinski definition) is 2. The van der Waals surface area contributed by atoms with Crippen LogP contribution in [0.3, 0.4) is 0 Å². The molecule has 5 heteroatoms. The topological polar surface area (TPSA) is 56.3 Å². The molecule has 4 rings (SSSR count). The summed E-state index contributed by atoms with van der Waals surface area (Å²) in [7, 11) is 0. The molecule has 1 aromatic heterocycles. The number of halogens is 1. The molecule has 0 aliphatic carbocycles. The van der Waals surface area contributed by atoms with Gasteiger partial charge in [-0.25, -0.2) is 4.39 Å². The van der Waals surface area contributed by atoms with Crippen molar-refractivity contribution in [1.82, 2.24) is 4.98 Å². The standard InChI is InChI=1S/C20H19FN2O2/c21-14-7-13(9-17(24)10-14)8-15-11-20(25)18-12-16(3-4-19(18)22-15)23-5-1-2-6-23/h3-4,7,9-12,24H,1-2,5-6,8H2,(H,22,25). The molecule has 1 aliphatic heterocycles. The molecule has 0 saturated carbocycles. The van der Waals surface area contributed by atoms with Crippen LogP contribution in [0.5, 0.6) is 5.75 Å². The zero-order chi connectivity index (χ0) is 17.4. The van der Waals surface area contributed by atoms with E-state index in [2.05, 4.69) is 9.88 Å². The number of aromatic hydroxyl groups is 1. The molecule has 25 heavy (non-hydrogen) atoms. The summed E-state index contributed by atoms with van der Waals surface area (Å²) >= 11 is 0. The van der Waals surface area contributed by atoms with Crippen LogP contribution in [0, 0.1) is 5.82 Å². The normalized spacial score (nSPS) is 14.4. The van der Waals surface area contributed by atoms with E-state index >= 15 is 0 Å². The van der Waals surface area contributed by atoms with Crippen LogP contribution in [0.1, 0.15) is 24.1 Å². The summed E-state index contributed by atoms with van der Waals surface area (Å²) < 4.78 is 13.4. The first kappa shape index (κ1) is 15.7. The van der Waals surface area contributed by atoms with Gasteiger partial charge in [0.15, 0.2) is 5.43 Å². The average Bonchev–Trinajstić information content (AvgIpc) is 3.08. The van der Waals surface area contributed by atoms with Gasteiger partial charge in [0, 0.05) is 53.9 Å². The Balaban J connectivity index is 1.69. The van der Waals surface area contributed by atoms with E-state index in [0.29, 0.717) is 23.1 Å². The van der Waals surface area contributed by atoms with Crippen molar-refractivity contribution in [2.24, 2.45) is 0 Å². The fraction of sp³-hybridized carbons (Fsp3) is 0.250. The molecule has 0 unspecified atom stereocenters. The smallest absolute Gasteiger partial charge is 0.189 e. The molecule has 0 amide bonds. The largest absolute Gasteiger partial charge is 0.508 e. The molecular formula is C20H19FN2O2. The van der Waals surface area contributed by atoms with Crippen LogP contribution in [-0.4, -0.2) is 23.2 Å². The third-order valence-electron chi connectivity index (χ3n) is 4.68. The van der Waals surface area contributed by atoms with E-state index in [1.54, 1.807) is 6.07 Å². The summed E-state index contributed by atoms with van der Waals surface area (Å²) in [5.74, 6) is -0.609. The van der Waals surface area contributed by atoms with Gasteiger partial charge >= 0.3 is 0 Å². The minimum absolute atomic E-state index is 0.0505. The van der Waals surface area contributed by atoms with Crippen LogP contribution in [-0.2, 0) is 6.42 Å². The number of aromatic nitrogens is 1. The fourth-order valence-corrected chi connectivity index (χ4v) is 3.51. The molecule has 4 nitrogen and oxygen atoms in total. The van der Waals surface area contributed by atoms with Crippen molar-refractivity contribution in [3.8, 4) is 5.75 Å². The minimum Gasteiger partial charge on any atom is -0.508 e. The lowest BCUT2D eigenvalue weighted by Crippen LogP contribution is -2.18. The number of nitrogens with zero attached hydrogens (tertiary/aromatic N) is 1. The van der Waals surface area contributed by atoms with Crippen molar-refractivity contribution in [2.75, 3.05) is 18.0 Å². The summed E-state index contributed by atoms with van der Waals surface area (Å²) in [6, 6.07) is 11.4. The van der Waals surface area contributed by atoms with Crippen molar-refractivity contribution >= 4 is 16.6 Å². The van der Waals surface area contributed by atoms with Gasteiger partial charge in [0.25, 0.3) is 0 Å². The first-order valence-corrected chi connectivity index (χ1v) is 8.48. The Bertz CT molecular complexity index is 970. The molecule has 2 N–H and O–H groups in total. The zero-order valence-electron chi connectivity index (χ0n) is 13.8. The summed E-state index contributed by atoms with van der Waals surface area (Å²) in [5.41, 5.74) is 3.10. The van der Waals surface area contributed by atoms with Gasteiger partial charge in [0.05, 0.1) is 0 Å². The van der Waals surface area contributed by atoms with Gasteiger partial charge in [-0.1, -0.05) is 0 Å². The zero-order valence-corrected chi connectivity index (χ0v) is 13.8. The average molecular weight is 338 g/mol. The fourth-order valence-electron chi connectivity index (χ4n) is 3.51. The SMILES string of the molecule is O=c1cc(Cc2cc(O)cc(F)c2)[nH]c2ccc(N3CCCC3)cc12. The molecule has 2 heterocycles. The Morgan fingerprint density at radius 2 is 1.88 bits per heavy atom. The molecule has 0 atom stereocenters. The van der Waals surface area contributed by atoms with Gasteiger partial charge in [-0.3, -0.25) is 4.79 Å². The number of H-pyrrole nitrogens is 1. The lowest BCUT2D eigenvalue weighted by molar-refractivity contribution is 0.468. The number of nitrogens with one attached hydrogen (secondary N) is 1. The lowest BCUT2D eigenvalue weighted by atomic mass is 10.1. The Morgan fingerprint density at radius 1 is 1.08 bits per heavy atom. The number of anilines is 1. The predicted octanol–water partition coefficient (Wildman–Crippen LogP) is 3.56. The van der Waals surface area contributed by atoms with Crippen LogP contribution < -0.4 is 10.3 Å². The third-order valence-corrected chi connectivity index (χ3v) is 4.68. The van der Waals surface area contributed by atoms with Gasteiger partial charge in [-0.15, -0.1) is 0 Å². The second-order valence-corrected chi connectivity index (χ2v) is 6.58. The number of benzene rings is 2. The van der Waals surface area contributed by atoms with E-state index in [9.17, 15) is 14.3 Å². The predicted molar refractivity (Wildman–Crippen MR) is 96.9 cm³/mol. The summed E-state index contributed by atoms with van der Waals surface area (Å²) in [6.45, 7) is 2.06. The maximum atomic E-state index is 13.4. The summed E-state index contributed by atoms with van der Waals surface area (Å²) in [6.07, 6.45) is 2.73. The maximum absolute atomic E-state index is 13.4. The maximum Gasteiger partial charge on any atom is 0.189 e. The second kappa shape index (κ2) is 6.24. The molecule has 2 aromatic carbocycles. The number of rotatable bonds is 3. The molecule has 3 aromatic rings. The Morgan fingerprint density at radius 3 is 2.64 bits per heavy atom. The molecule has 0 radical (unpaired) electrons. The van der Waals surface area contributed by atoms with Crippen molar-refractivity contribution < 1.29 is 9.50 Å². The highest BCUT2D eigenvalue weighted by Crippen LogP contribution is 2.23. The lowest BCUT2D eigenvalue weighted by Gasteiger charge is -2.18. The van der Waals surface area contributed by atoms with Crippen LogP contribution in [0.2, 0.25) is 0 Å². The Hall–Kier alpha value is -2.82. The van der Waals surface area contributed by atoms with E-state index in [0.717, 1.165) is 30.4 Å². The molecular weight excluding hydrogens is 319 g/mol. The van der Waals surface area contributed by atoms with Crippen molar-refractivity contribution in [1.29, 1.82) is 0 Å². The number of phenolic OH excluding ortho intramolecular Hbond substituents is 1. The van der Waals surface area contributed by atoms with E-state index in [-0.39, 0.29) is 11.2 Å². The molecule has 1 fully saturated rings.